The Balaban J connectivity index is 1.50. The van der Waals surface area contributed by atoms with E-state index in [0.29, 0.717) is 0 Å². The number of anilines is 1. The normalized spacial score (nSPS) is 12.5. The maximum Gasteiger partial charge on any atom is 0.340 e. The van der Waals surface area contributed by atoms with Crippen molar-refractivity contribution < 1.29 is 32.3 Å². The van der Waals surface area contributed by atoms with Gasteiger partial charge in [0.25, 0.3) is 5.91 Å². The highest BCUT2D eigenvalue weighted by molar-refractivity contribution is 7.89. The van der Waals surface area contributed by atoms with Crippen LogP contribution in [0.15, 0.2) is 65.6 Å². The topological polar surface area (TPSA) is 150 Å². The number of fused-ring (bicyclic) bond motifs is 2. The molecule has 0 bridgehead atoms. The number of carbonyl (C=O) groups excluding carboxylic acids is 4. The van der Waals surface area contributed by atoms with Gasteiger partial charge in [0.2, 0.25) is 10.0 Å². The summed E-state index contributed by atoms with van der Waals surface area (Å²) in [4.78, 5) is 50.2. The highest BCUT2D eigenvalue weighted by atomic mass is 35.5. The predicted octanol–water partition coefficient (Wildman–Crippen LogP) is 2.56. The second-order valence-corrected chi connectivity index (χ2v) is 9.19. The number of hydrogen-bond donors (Lipinski definition) is 2. The van der Waals surface area contributed by atoms with Gasteiger partial charge in [-0.2, -0.15) is 0 Å². The van der Waals surface area contributed by atoms with E-state index in [1.807, 2.05) is 0 Å². The van der Waals surface area contributed by atoms with Crippen molar-refractivity contribution >= 4 is 50.8 Å². The fraction of sp³-hybridized carbons (Fsp3) is 0.0435. The van der Waals surface area contributed by atoms with Gasteiger partial charge in [-0.25, -0.2) is 18.4 Å². The van der Waals surface area contributed by atoms with Crippen LogP contribution in [-0.4, -0.2) is 38.5 Å². The molecule has 34 heavy (non-hydrogen) atoms. The number of hydrogen-bond acceptors (Lipinski definition) is 7. The zero-order chi connectivity index (χ0) is 24.6. The Bertz CT molecular complexity index is 1500. The SMILES string of the molecule is NS(=O)(=O)c1cccc(NC(=O)COC(=O)c2ccc3c(c2Cl)C(=O)c2ccccc2C3=O)c1. The molecule has 172 valence electrons. The van der Waals surface area contributed by atoms with E-state index in [1.165, 1.54) is 42.5 Å². The van der Waals surface area contributed by atoms with Crippen molar-refractivity contribution in [1.82, 2.24) is 0 Å². The number of primary sulfonamides is 1. The predicted molar refractivity (Wildman–Crippen MR) is 121 cm³/mol. The molecule has 0 atom stereocenters. The zero-order valence-electron chi connectivity index (χ0n) is 17.2. The van der Waals surface area contributed by atoms with Crippen LogP contribution in [0.3, 0.4) is 0 Å². The van der Waals surface area contributed by atoms with Crippen LogP contribution in [0, 0.1) is 0 Å². The number of ether oxygens (including phenoxy) is 1. The van der Waals surface area contributed by atoms with Crippen LogP contribution < -0.4 is 10.5 Å². The van der Waals surface area contributed by atoms with Crippen LogP contribution in [0.1, 0.15) is 42.2 Å². The van der Waals surface area contributed by atoms with Crippen molar-refractivity contribution in [3.8, 4) is 0 Å². The summed E-state index contributed by atoms with van der Waals surface area (Å²) in [5.41, 5.74) is 0.317. The second kappa shape index (κ2) is 8.82. The fourth-order valence-electron chi connectivity index (χ4n) is 3.46. The van der Waals surface area contributed by atoms with Crippen molar-refractivity contribution in [2.45, 2.75) is 4.90 Å². The zero-order valence-corrected chi connectivity index (χ0v) is 18.8. The summed E-state index contributed by atoms with van der Waals surface area (Å²) in [6.07, 6.45) is 0. The fourth-order valence-corrected chi connectivity index (χ4v) is 4.35. The molecular formula is C23H15ClN2O7S. The Kier molecular flexibility index (Phi) is 6.05. The molecule has 1 aliphatic rings. The first kappa shape index (κ1) is 23.3. The van der Waals surface area contributed by atoms with Crippen LogP contribution in [-0.2, 0) is 19.6 Å². The summed E-state index contributed by atoms with van der Waals surface area (Å²) < 4.78 is 27.8. The van der Waals surface area contributed by atoms with E-state index in [1.54, 1.807) is 12.1 Å². The maximum absolute atomic E-state index is 12.9. The molecule has 0 aromatic heterocycles. The summed E-state index contributed by atoms with van der Waals surface area (Å²) in [5, 5.41) is 7.19. The maximum atomic E-state index is 12.9. The first-order chi connectivity index (χ1) is 16.1. The molecule has 0 spiro atoms. The largest absolute Gasteiger partial charge is 0.452 e. The van der Waals surface area contributed by atoms with Crippen LogP contribution in [0.5, 0.6) is 0 Å². The van der Waals surface area contributed by atoms with E-state index in [2.05, 4.69) is 5.32 Å². The highest BCUT2D eigenvalue weighted by Gasteiger charge is 2.33. The minimum absolute atomic E-state index is 0.0673. The molecule has 0 radical (unpaired) electrons. The van der Waals surface area contributed by atoms with E-state index in [0.717, 1.165) is 6.07 Å². The van der Waals surface area contributed by atoms with E-state index in [4.69, 9.17) is 21.5 Å². The van der Waals surface area contributed by atoms with E-state index in [9.17, 15) is 27.6 Å². The number of rotatable bonds is 5. The van der Waals surface area contributed by atoms with E-state index in [-0.39, 0.29) is 43.4 Å². The third-order valence-electron chi connectivity index (χ3n) is 5.03. The van der Waals surface area contributed by atoms with Gasteiger partial charge in [-0.1, -0.05) is 41.9 Å². The quantitative estimate of drug-likeness (QED) is 0.401. The first-order valence-corrected chi connectivity index (χ1v) is 11.6. The Morgan fingerprint density at radius 1 is 0.912 bits per heavy atom. The summed E-state index contributed by atoms with van der Waals surface area (Å²) >= 11 is 6.31. The second-order valence-electron chi connectivity index (χ2n) is 7.25. The van der Waals surface area contributed by atoms with Crippen molar-refractivity contribution in [2.75, 3.05) is 11.9 Å². The van der Waals surface area contributed by atoms with Gasteiger partial charge < -0.3 is 10.1 Å². The lowest BCUT2D eigenvalue weighted by molar-refractivity contribution is -0.119. The lowest BCUT2D eigenvalue weighted by Crippen LogP contribution is -2.24. The molecule has 9 nitrogen and oxygen atoms in total. The number of halogens is 1. The first-order valence-electron chi connectivity index (χ1n) is 9.68. The Hall–Kier alpha value is -3.86. The van der Waals surface area contributed by atoms with Crippen LogP contribution in [0.2, 0.25) is 5.02 Å². The van der Waals surface area contributed by atoms with Crippen LogP contribution >= 0.6 is 11.6 Å². The standard InChI is InChI=1S/C23H15ClN2O7S/c24-20-17(9-8-16-19(20)22(29)15-7-2-1-6-14(15)21(16)28)23(30)33-11-18(27)26-12-4-3-5-13(10-12)34(25,31)32/h1-10H,11H2,(H,26,27)(H2,25,31,32). The van der Waals surface area contributed by atoms with Gasteiger partial charge >= 0.3 is 5.97 Å². The molecule has 0 fully saturated rings. The Morgan fingerprint density at radius 3 is 2.26 bits per heavy atom. The number of nitrogens with one attached hydrogen (secondary N) is 1. The monoisotopic (exact) mass is 498 g/mol. The van der Waals surface area contributed by atoms with E-state index >= 15 is 0 Å². The van der Waals surface area contributed by atoms with Crippen molar-refractivity contribution in [2.24, 2.45) is 5.14 Å². The molecule has 11 heteroatoms. The molecule has 3 N–H and O–H groups in total. The van der Waals surface area contributed by atoms with Crippen molar-refractivity contribution in [1.29, 1.82) is 0 Å². The van der Waals surface area contributed by atoms with Crippen molar-refractivity contribution in [3.63, 3.8) is 0 Å². The van der Waals surface area contributed by atoms with Gasteiger partial charge in [-0.15, -0.1) is 0 Å². The molecule has 3 aromatic rings. The Labute approximate surface area is 198 Å². The molecule has 4 rings (SSSR count). The third-order valence-corrected chi connectivity index (χ3v) is 6.33. The average molecular weight is 499 g/mol. The number of amides is 1. The number of benzene rings is 3. The number of carbonyl (C=O) groups is 4. The number of nitrogens with two attached hydrogens (primary N) is 1. The molecule has 0 unspecified atom stereocenters. The lowest BCUT2D eigenvalue weighted by Gasteiger charge is -2.19. The van der Waals surface area contributed by atoms with Crippen LogP contribution in [0.25, 0.3) is 0 Å². The molecule has 3 aromatic carbocycles. The molecule has 1 amide bonds. The van der Waals surface area contributed by atoms with Gasteiger partial charge in [0.15, 0.2) is 18.2 Å². The minimum Gasteiger partial charge on any atom is -0.452 e. The average Bonchev–Trinajstić information content (AvgIpc) is 2.80. The summed E-state index contributed by atoms with van der Waals surface area (Å²) in [6, 6.07) is 14.0. The van der Waals surface area contributed by atoms with Gasteiger partial charge in [-0.3, -0.25) is 14.4 Å². The van der Waals surface area contributed by atoms with Crippen LogP contribution in [0.4, 0.5) is 5.69 Å². The minimum atomic E-state index is -3.97. The number of sulfonamides is 1. The summed E-state index contributed by atoms with van der Waals surface area (Å²) in [5.74, 6) is -2.64. The molecule has 0 heterocycles. The van der Waals surface area contributed by atoms with Gasteiger partial charge in [0, 0.05) is 22.4 Å². The van der Waals surface area contributed by atoms with Crippen molar-refractivity contribution in [3.05, 3.63) is 93.5 Å². The molecule has 1 aliphatic carbocycles. The molecule has 0 aliphatic heterocycles. The van der Waals surface area contributed by atoms with Gasteiger partial charge in [-0.05, 0) is 30.3 Å². The molecular weight excluding hydrogens is 484 g/mol. The highest BCUT2D eigenvalue weighted by Crippen LogP contribution is 2.34. The van der Waals surface area contributed by atoms with E-state index < -0.39 is 40.1 Å². The number of esters is 1. The summed E-state index contributed by atoms with van der Waals surface area (Å²) in [6.45, 7) is -0.721. The number of ketones is 2. The van der Waals surface area contributed by atoms with Gasteiger partial charge in [0.1, 0.15) is 0 Å². The Morgan fingerprint density at radius 2 is 1.59 bits per heavy atom. The van der Waals surface area contributed by atoms with Gasteiger partial charge in [0.05, 0.1) is 21.0 Å². The molecule has 0 saturated carbocycles. The smallest absolute Gasteiger partial charge is 0.340 e. The lowest BCUT2D eigenvalue weighted by atomic mass is 9.83. The molecule has 0 saturated heterocycles. The summed E-state index contributed by atoms with van der Waals surface area (Å²) in [7, 11) is -3.97. The third kappa shape index (κ3) is 4.34.